The Morgan fingerprint density at radius 3 is 2.79 bits per heavy atom. The summed E-state index contributed by atoms with van der Waals surface area (Å²) < 4.78 is 7.30. The van der Waals surface area contributed by atoms with Gasteiger partial charge in [-0.1, -0.05) is 23.7 Å². The van der Waals surface area contributed by atoms with Gasteiger partial charge < -0.3 is 14.6 Å². The van der Waals surface area contributed by atoms with E-state index in [0.717, 1.165) is 22.2 Å². The number of halogens is 1. The lowest BCUT2D eigenvalue weighted by molar-refractivity contribution is 0.0515. The van der Waals surface area contributed by atoms with Crippen LogP contribution in [0, 0.1) is 0 Å². The fourth-order valence-electron chi connectivity index (χ4n) is 3.29. The maximum Gasteiger partial charge on any atom is 0.355 e. The van der Waals surface area contributed by atoms with E-state index in [1.165, 1.54) is 6.33 Å². The highest BCUT2D eigenvalue weighted by atomic mass is 35.5. The zero-order valence-corrected chi connectivity index (χ0v) is 16.5. The van der Waals surface area contributed by atoms with Gasteiger partial charge in [0.2, 0.25) is 5.95 Å². The molecule has 3 heterocycles. The molecule has 29 heavy (non-hydrogen) atoms. The third-order valence-electron chi connectivity index (χ3n) is 4.47. The number of aromatic nitrogens is 5. The first-order valence-corrected chi connectivity index (χ1v) is 9.56. The van der Waals surface area contributed by atoms with Crippen LogP contribution in [0.25, 0.3) is 22.2 Å². The number of ether oxygens (including phenoxy) is 1. The van der Waals surface area contributed by atoms with E-state index in [-0.39, 0.29) is 6.61 Å². The van der Waals surface area contributed by atoms with Crippen LogP contribution in [0.15, 0.2) is 48.9 Å². The summed E-state index contributed by atoms with van der Waals surface area (Å²) in [5.74, 6) is 0.172. The zero-order valence-electron chi connectivity index (χ0n) is 15.7. The van der Waals surface area contributed by atoms with Crippen molar-refractivity contribution >= 4 is 34.6 Å². The van der Waals surface area contributed by atoms with Crippen molar-refractivity contribution in [3.05, 3.63) is 59.6 Å². The lowest BCUT2D eigenvalue weighted by atomic mass is 10.0. The van der Waals surface area contributed by atoms with Crippen molar-refractivity contribution in [1.82, 2.24) is 24.7 Å². The quantitative estimate of drug-likeness (QED) is 0.450. The van der Waals surface area contributed by atoms with Crippen LogP contribution < -0.4 is 5.32 Å². The Morgan fingerprint density at radius 1 is 1.24 bits per heavy atom. The molecule has 0 saturated heterocycles. The topological polar surface area (TPSA) is 97.7 Å². The van der Waals surface area contributed by atoms with E-state index in [1.807, 2.05) is 28.8 Å². The molecular weight excluding hydrogens is 392 g/mol. The Bertz CT molecular complexity index is 1120. The SMILES string of the molecule is CCOC(=O)c1c(-c2ccc(Cl)cc2)c2ncccc2n1CCNc1ncn[nH]1. The molecule has 0 unspecified atom stereocenters. The third-order valence-corrected chi connectivity index (χ3v) is 4.72. The molecule has 0 aliphatic rings. The Balaban J connectivity index is 1.82. The number of aromatic amines is 1. The second kappa shape index (κ2) is 8.32. The second-order valence-electron chi connectivity index (χ2n) is 6.23. The molecule has 0 aliphatic carbocycles. The predicted octanol–water partition coefficient (Wildman–Crippen LogP) is 3.76. The molecule has 2 N–H and O–H groups in total. The summed E-state index contributed by atoms with van der Waals surface area (Å²) in [5, 5.41) is 10.4. The molecule has 0 bridgehead atoms. The van der Waals surface area contributed by atoms with Crippen LogP contribution in [-0.2, 0) is 11.3 Å². The molecule has 0 saturated carbocycles. The Morgan fingerprint density at radius 2 is 2.07 bits per heavy atom. The van der Waals surface area contributed by atoms with Gasteiger partial charge in [0.25, 0.3) is 0 Å². The van der Waals surface area contributed by atoms with Gasteiger partial charge >= 0.3 is 5.97 Å². The average molecular weight is 411 g/mol. The number of benzene rings is 1. The molecule has 8 nitrogen and oxygen atoms in total. The maximum atomic E-state index is 12.9. The van der Waals surface area contributed by atoms with E-state index in [1.54, 1.807) is 25.3 Å². The number of nitrogens with one attached hydrogen (secondary N) is 2. The van der Waals surface area contributed by atoms with Crippen LogP contribution in [-0.4, -0.2) is 43.9 Å². The highest BCUT2D eigenvalue weighted by Crippen LogP contribution is 2.35. The molecule has 148 valence electrons. The second-order valence-corrected chi connectivity index (χ2v) is 6.67. The van der Waals surface area contributed by atoms with Gasteiger partial charge in [0.05, 0.1) is 17.6 Å². The molecule has 0 fully saturated rings. The first-order valence-electron chi connectivity index (χ1n) is 9.18. The maximum absolute atomic E-state index is 12.9. The minimum absolute atomic E-state index is 0.282. The molecule has 0 aliphatic heterocycles. The van der Waals surface area contributed by atoms with Crippen molar-refractivity contribution in [3.63, 3.8) is 0 Å². The van der Waals surface area contributed by atoms with E-state index in [2.05, 4.69) is 25.5 Å². The first-order chi connectivity index (χ1) is 14.2. The van der Waals surface area contributed by atoms with Gasteiger partial charge in [-0.05, 0) is 36.8 Å². The number of fused-ring (bicyclic) bond motifs is 1. The van der Waals surface area contributed by atoms with Gasteiger partial charge in [0, 0.05) is 29.9 Å². The number of hydrogen-bond acceptors (Lipinski definition) is 6. The molecular formula is C20H19ClN6O2. The zero-order chi connectivity index (χ0) is 20.2. The molecule has 4 rings (SSSR count). The normalized spacial score (nSPS) is 11.0. The van der Waals surface area contributed by atoms with Crippen molar-refractivity contribution in [2.24, 2.45) is 0 Å². The number of rotatable bonds is 7. The molecule has 0 radical (unpaired) electrons. The summed E-state index contributed by atoms with van der Waals surface area (Å²) in [6.07, 6.45) is 3.15. The number of carbonyl (C=O) groups is 1. The van der Waals surface area contributed by atoms with Crippen molar-refractivity contribution in [3.8, 4) is 11.1 Å². The summed E-state index contributed by atoms with van der Waals surface area (Å²) >= 11 is 6.06. The minimum atomic E-state index is -0.393. The van der Waals surface area contributed by atoms with Crippen LogP contribution in [0.4, 0.5) is 5.95 Å². The Kier molecular flexibility index (Phi) is 5.44. The molecule has 0 atom stereocenters. The summed E-state index contributed by atoms with van der Waals surface area (Å²) in [6.45, 7) is 3.10. The lowest BCUT2D eigenvalue weighted by Gasteiger charge is -2.12. The standard InChI is InChI=1S/C20H19ClN6O2/c1-2-29-19(28)18-16(13-5-7-14(21)8-6-13)17-15(4-3-9-22-17)27(18)11-10-23-20-24-12-25-26-20/h3-9,12H,2,10-11H2,1H3,(H2,23,24,25,26). The summed E-state index contributed by atoms with van der Waals surface area (Å²) in [4.78, 5) is 21.5. The van der Waals surface area contributed by atoms with Gasteiger partial charge in [-0.2, -0.15) is 5.10 Å². The van der Waals surface area contributed by atoms with Gasteiger partial charge in [0.15, 0.2) is 0 Å². The smallest absolute Gasteiger partial charge is 0.355 e. The number of hydrogen-bond donors (Lipinski definition) is 2. The summed E-state index contributed by atoms with van der Waals surface area (Å²) in [7, 11) is 0. The van der Waals surface area contributed by atoms with E-state index >= 15 is 0 Å². The summed E-state index contributed by atoms with van der Waals surface area (Å²) in [6, 6.07) is 11.1. The molecule has 9 heteroatoms. The van der Waals surface area contributed by atoms with E-state index in [4.69, 9.17) is 16.3 Å². The molecule has 0 spiro atoms. The van der Waals surface area contributed by atoms with Crippen LogP contribution in [0.3, 0.4) is 0 Å². The van der Waals surface area contributed by atoms with Gasteiger partial charge in [-0.3, -0.25) is 4.98 Å². The van der Waals surface area contributed by atoms with Crippen molar-refractivity contribution < 1.29 is 9.53 Å². The minimum Gasteiger partial charge on any atom is -0.461 e. The van der Waals surface area contributed by atoms with Crippen LogP contribution in [0.5, 0.6) is 0 Å². The molecule has 4 aromatic rings. The van der Waals surface area contributed by atoms with Gasteiger partial charge in [-0.25, -0.2) is 14.9 Å². The highest BCUT2D eigenvalue weighted by Gasteiger charge is 2.25. The predicted molar refractivity (Wildman–Crippen MR) is 111 cm³/mol. The number of anilines is 1. The van der Waals surface area contributed by atoms with Crippen LogP contribution in [0.2, 0.25) is 5.02 Å². The molecule has 1 aromatic carbocycles. The fourth-order valence-corrected chi connectivity index (χ4v) is 3.41. The lowest BCUT2D eigenvalue weighted by Crippen LogP contribution is -2.18. The Labute approximate surface area is 171 Å². The average Bonchev–Trinajstić information content (AvgIpc) is 3.35. The monoisotopic (exact) mass is 410 g/mol. The fraction of sp³-hybridized carbons (Fsp3) is 0.200. The third kappa shape index (κ3) is 3.79. The summed E-state index contributed by atoms with van der Waals surface area (Å²) in [5.41, 5.74) is 3.62. The van der Waals surface area contributed by atoms with Crippen molar-refractivity contribution in [1.29, 1.82) is 0 Å². The number of esters is 1. The first kappa shape index (κ1) is 18.9. The van der Waals surface area contributed by atoms with Gasteiger partial charge in [0.1, 0.15) is 12.0 Å². The van der Waals surface area contributed by atoms with Crippen LogP contribution in [0.1, 0.15) is 17.4 Å². The highest BCUT2D eigenvalue weighted by molar-refractivity contribution is 6.30. The number of H-pyrrole nitrogens is 1. The number of carbonyl (C=O) groups excluding carboxylic acids is 1. The van der Waals surface area contributed by atoms with Crippen molar-refractivity contribution in [2.45, 2.75) is 13.5 Å². The number of pyridine rings is 1. The number of nitrogens with zero attached hydrogens (tertiary/aromatic N) is 4. The molecule has 0 amide bonds. The van der Waals surface area contributed by atoms with Crippen molar-refractivity contribution in [2.75, 3.05) is 18.5 Å². The van der Waals surface area contributed by atoms with E-state index < -0.39 is 5.97 Å². The molecule has 3 aromatic heterocycles. The largest absolute Gasteiger partial charge is 0.461 e. The Hall–Kier alpha value is -3.39. The van der Waals surface area contributed by atoms with E-state index in [9.17, 15) is 4.79 Å². The van der Waals surface area contributed by atoms with Crippen LogP contribution >= 0.6 is 11.6 Å². The van der Waals surface area contributed by atoms with Gasteiger partial charge in [-0.15, -0.1) is 0 Å². The van der Waals surface area contributed by atoms with E-state index in [0.29, 0.717) is 29.8 Å².